The van der Waals surface area contributed by atoms with Crippen LogP contribution < -0.4 is 4.72 Å². The van der Waals surface area contributed by atoms with Gasteiger partial charge >= 0.3 is 0 Å². The first-order valence-corrected chi connectivity index (χ1v) is 6.92. The predicted molar refractivity (Wildman–Crippen MR) is 66.5 cm³/mol. The molecule has 0 aromatic heterocycles. The van der Waals surface area contributed by atoms with Crippen molar-refractivity contribution in [3.8, 4) is 5.75 Å². The maximum absolute atomic E-state index is 11.8. The van der Waals surface area contributed by atoms with Crippen molar-refractivity contribution in [2.45, 2.75) is 11.8 Å². The van der Waals surface area contributed by atoms with Crippen LogP contribution in [0.3, 0.4) is 0 Å². The summed E-state index contributed by atoms with van der Waals surface area (Å²) in [5.41, 5.74) is 0. The second-order valence-corrected chi connectivity index (χ2v) is 5.50. The molecule has 0 heterocycles. The summed E-state index contributed by atoms with van der Waals surface area (Å²) in [6, 6.07) is 5.89. The van der Waals surface area contributed by atoms with Gasteiger partial charge in [0.2, 0.25) is 10.0 Å². The molecule has 0 aliphatic heterocycles. The van der Waals surface area contributed by atoms with Crippen molar-refractivity contribution < 1.29 is 13.5 Å². The van der Waals surface area contributed by atoms with E-state index in [0.717, 1.165) is 6.54 Å². The van der Waals surface area contributed by atoms with Crippen molar-refractivity contribution in [1.29, 1.82) is 0 Å². The van der Waals surface area contributed by atoms with E-state index in [2.05, 4.69) is 4.72 Å². The van der Waals surface area contributed by atoms with Gasteiger partial charge in [0.25, 0.3) is 0 Å². The van der Waals surface area contributed by atoms with Crippen molar-refractivity contribution in [2.24, 2.45) is 0 Å². The summed E-state index contributed by atoms with van der Waals surface area (Å²) < 4.78 is 26.1. The molecule has 0 atom stereocenters. The summed E-state index contributed by atoms with van der Waals surface area (Å²) in [4.78, 5) is 1.91. The quantitative estimate of drug-likeness (QED) is 0.785. The molecule has 0 saturated heterocycles. The Kier molecular flexibility index (Phi) is 4.92. The highest BCUT2D eigenvalue weighted by atomic mass is 32.2. The minimum absolute atomic E-state index is 0.0841. The van der Waals surface area contributed by atoms with Crippen molar-refractivity contribution in [3.63, 3.8) is 0 Å². The lowest BCUT2D eigenvalue weighted by atomic mass is 10.3. The molecule has 0 aliphatic carbocycles. The van der Waals surface area contributed by atoms with Gasteiger partial charge in [-0.3, -0.25) is 0 Å². The topological polar surface area (TPSA) is 69.6 Å². The molecule has 0 unspecified atom stereocenters. The minimum atomic E-state index is -3.62. The van der Waals surface area contributed by atoms with Gasteiger partial charge in [-0.2, -0.15) is 0 Å². The summed E-state index contributed by atoms with van der Waals surface area (Å²) in [7, 11) is -1.71. The van der Waals surface area contributed by atoms with Crippen molar-refractivity contribution in [2.75, 3.05) is 26.7 Å². The SMILES string of the molecule is CCN(C)CCNS(=O)(=O)c1ccccc1O. The Bertz CT molecular complexity index is 460. The molecule has 0 bridgehead atoms. The van der Waals surface area contributed by atoms with Crippen LogP contribution in [0.25, 0.3) is 0 Å². The molecule has 2 N–H and O–H groups in total. The van der Waals surface area contributed by atoms with E-state index in [4.69, 9.17) is 0 Å². The predicted octanol–water partition coefficient (Wildman–Crippen LogP) is 0.622. The molecule has 96 valence electrons. The van der Waals surface area contributed by atoms with Gasteiger partial charge < -0.3 is 10.0 Å². The average Bonchev–Trinajstić information content (AvgIpc) is 2.28. The molecule has 0 amide bonds. The number of sulfonamides is 1. The van der Waals surface area contributed by atoms with Gasteiger partial charge in [0.15, 0.2) is 0 Å². The first-order chi connectivity index (χ1) is 7.97. The van der Waals surface area contributed by atoms with Gasteiger partial charge in [-0.25, -0.2) is 13.1 Å². The number of hydrogen-bond donors (Lipinski definition) is 2. The number of nitrogens with zero attached hydrogens (tertiary/aromatic N) is 1. The molecule has 1 rings (SSSR count). The third-order valence-corrected chi connectivity index (χ3v) is 3.99. The van der Waals surface area contributed by atoms with Crippen LogP contribution in [0, 0.1) is 0 Å². The number of para-hydroxylation sites is 1. The van der Waals surface area contributed by atoms with E-state index >= 15 is 0 Å². The Labute approximate surface area is 102 Å². The Morgan fingerprint density at radius 1 is 1.35 bits per heavy atom. The summed E-state index contributed by atoms with van der Waals surface area (Å²) in [6.45, 7) is 3.81. The van der Waals surface area contributed by atoms with Crippen LogP contribution in [0.4, 0.5) is 0 Å². The zero-order chi connectivity index (χ0) is 12.9. The molecule has 5 nitrogen and oxygen atoms in total. The van der Waals surface area contributed by atoms with Gasteiger partial charge in [0.05, 0.1) is 0 Å². The van der Waals surface area contributed by atoms with E-state index in [1.54, 1.807) is 12.1 Å². The highest BCUT2D eigenvalue weighted by Gasteiger charge is 2.17. The number of aromatic hydroxyl groups is 1. The molecular weight excluding hydrogens is 240 g/mol. The van der Waals surface area contributed by atoms with Gasteiger partial charge in [-0.15, -0.1) is 0 Å². The fourth-order valence-electron chi connectivity index (χ4n) is 1.29. The smallest absolute Gasteiger partial charge is 0.244 e. The van der Waals surface area contributed by atoms with Crippen molar-refractivity contribution in [3.05, 3.63) is 24.3 Å². The molecular formula is C11H18N2O3S. The molecule has 0 fully saturated rings. The second kappa shape index (κ2) is 6.00. The van der Waals surface area contributed by atoms with E-state index in [9.17, 15) is 13.5 Å². The summed E-state index contributed by atoms with van der Waals surface area (Å²) >= 11 is 0. The second-order valence-electron chi connectivity index (χ2n) is 3.76. The first kappa shape index (κ1) is 14.0. The first-order valence-electron chi connectivity index (χ1n) is 5.43. The van der Waals surface area contributed by atoms with Crippen LogP contribution in [0.2, 0.25) is 0 Å². The van der Waals surface area contributed by atoms with Gasteiger partial charge in [-0.05, 0) is 25.7 Å². The van der Waals surface area contributed by atoms with E-state index in [-0.39, 0.29) is 10.6 Å². The maximum Gasteiger partial charge on any atom is 0.244 e. The molecule has 1 aromatic carbocycles. The molecule has 0 saturated carbocycles. The third-order valence-electron chi connectivity index (χ3n) is 2.48. The molecule has 6 heteroatoms. The van der Waals surface area contributed by atoms with Gasteiger partial charge in [0, 0.05) is 13.1 Å². The molecule has 0 radical (unpaired) electrons. The minimum Gasteiger partial charge on any atom is -0.507 e. The van der Waals surface area contributed by atoms with E-state index in [1.807, 2.05) is 18.9 Å². The third kappa shape index (κ3) is 3.99. The number of phenols is 1. The molecule has 0 aliphatic rings. The van der Waals surface area contributed by atoms with Crippen LogP contribution in [-0.4, -0.2) is 45.1 Å². The fraction of sp³-hybridized carbons (Fsp3) is 0.455. The van der Waals surface area contributed by atoms with Crippen LogP contribution in [0.15, 0.2) is 29.2 Å². The normalized spacial score (nSPS) is 11.9. The average molecular weight is 258 g/mol. The lowest BCUT2D eigenvalue weighted by Gasteiger charge is -2.14. The Hall–Kier alpha value is -1.11. The number of likely N-dealkylation sites (N-methyl/N-ethyl adjacent to an activating group) is 1. The number of hydrogen-bond acceptors (Lipinski definition) is 4. The standard InChI is InChI=1S/C11H18N2O3S/c1-3-13(2)9-8-12-17(15,16)11-7-5-4-6-10(11)14/h4-7,12,14H,3,8-9H2,1-2H3. The van der Waals surface area contributed by atoms with Crippen LogP contribution in [0.5, 0.6) is 5.75 Å². The number of phenolic OH excluding ortho intramolecular Hbond substituents is 1. The van der Waals surface area contributed by atoms with E-state index in [0.29, 0.717) is 13.1 Å². The largest absolute Gasteiger partial charge is 0.507 e. The number of nitrogens with one attached hydrogen (secondary N) is 1. The molecule has 17 heavy (non-hydrogen) atoms. The van der Waals surface area contributed by atoms with Crippen molar-refractivity contribution >= 4 is 10.0 Å². The van der Waals surface area contributed by atoms with E-state index < -0.39 is 10.0 Å². The Balaban J connectivity index is 2.67. The lowest BCUT2D eigenvalue weighted by molar-refractivity contribution is 0.357. The molecule has 0 spiro atoms. The van der Waals surface area contributed by atoms with Crippen LogP contribution in [-0.2, 0) is 10.0 Å². The van der Waals surface area contributed by atoms with Gasteiger partial charge in [0.1, 0.15) is 10.6 Å². The zero-order valence-electron chi connectivity index (χ0n) is 10.0. The number of rotatable bonds is 6. The lowest BCUT2D eigenvalue weighted by Crippen LogP contribution is -2.32. The summed E-state index contributed by atoms with van der Waals surface area (Å²) in [5, 5.41) is 9.47. The summed E-state index contributed by atoms with van der Waals surface area (Å²) in [5.74, 6) is -0.233. The number of benzene rings is 1. The highest BCUT2D eigenvalue weighted by Crippen LogP contribution is 2.20. The molecule has 1 aromatic rings. The monoisotopic (exact) mass is 258 g/mol. The summed E-state index contributed by atoms with van der Waals surface area (Å²) in [6.07, 6.45) is 0. The Morgan fingerprint density at radius 3 is 2.59 bits per heavy atom. The van der Waals surface area contributed by atoms with Crippen LogP contribution >= 0.6 is 0 Å². The Morgan fingerprint density at radius 2 is 2.00 bits per heavy atom. The fourth-order valence-corrected chi connectivity index (χ4v) is 2.41. The highest BCUT2D eigenvalue weighted by molar-refractivity contribution is 7.89. The zero-order valence-corrected chi connectivity index (χ0v) is 10.9. The maximum atomic E-state index is 11.8. The van der Waals surface area contributed by atoms with E-state index in [1.165, 1.54) is 12.1 Å². The van der Waals surface area contributed by atoms with Crippen LogP contribution in [0.1, 0.15) is 6.92 Å². The van der Waals surface area contributed by atoms with Crippen molar-refractivity contribution in [1.82, 2.24) is 9.62 Å². The van der Waals surface area contributed by atoms with Gasteiger partial charge in [-0.1, -0.05) is 19.1 Å².